The fraction of sp³-hybridized carbons (Fsp3) is 0.333. The molecule has 0 bridgehead atoms. The van der Waals surface area contributed by atoms with E-state index < -0.39 is 0 Å². The van der Waals surface area contributed by atoms with E-state index in [9.17, 15) is 4.79 Å². The topological polar surface area (TPSA) is 42.4 Å². The van der Waals surface area contributed by atoms with Crippen LogP contribution >= 0.6 is 0 Å². The minimum absolute atomic E-state index is 0.0855. The van der Waals surface area contributed by atoms with Gasteiger partial charge in [-0.2, -0.15) is 0 Å². The number of carbonyl (C=O) groups excluding carboxylic acids is 1. The second-order valence-electron chi connectivity index (χ2n) is 5.48. The Hall–Kier alpha value is -2.36. The Balaban J connectivity index is 1.75. The zero-order chi connectivity index (χ0) is 15.4. The molecule has 1 saturated carbocycles. The largest absolute Gasteiger partial charge is 0.494 e. The Kier molecular flexibility index (Phi) is 4.37. The van der Waals surface area contributed by atoms with Crippen molar-refractivity contribution in [1.29, 1.82) is 0 Å². The Labute approximate surface area is 130 Å². The summed E-state index contributed by atoms with van der Waals surface area (Å²) in [5.41, 5.74) is 1.82. The molecule has 1 aromatic heterocycles. The van der Waals surface area contributed by atoms with Crippen molar-refractivity contribution >= 4 is 5.91 Å². The second kappa shape index (κ2) is 6.60. The van der Waals surface area contributed by atoms with Gasteiger partial charge in [-0.3, -0.25) is 9.78 Å². The molecule has 0 atom stereocenters. The Morgan fingerprint density at radius 2 is 1.86 bits per heavy atom. The van der Waals surface area contributed by atoms with Gasteiger partial charge in [0.25, 0.3) is 5.91 Å². The molecule has 1 aliphatic carbocycles. The first-order chi connectivity index (χ1) is 10.8. The van der Waals surface area contributed by atoms with Crippen LogP contribution in [0.4, 0.5) is 0 Å². The molecule has 4 nitrogen and oxygen atoms in total. The van der Waals surface area contributed by atoms with Gasteiger partial charge in [0.1, 0.15) is 5.75 Å². The normalized spacial score (nSPS) is 13.7. The summed E-state index contributed by atoms with van der Waals surface area (Å²) in [5.74, 6) is 0.883. The van der Waals surface area contributed by atoms with Gasteiger partial charge >= 0.3 is 0 Å². The Bertz CT molecular complexity index is 621. The molecular formula is C18H20N2O2. The first-order valence-electron chi connectivity index (χ1n) is 7.70. The van der Waals surface area contributed by atoms with Gasteiger partial charge in [0, 0.05) is 30.5 Å². The molecule has 0 aliphatic heterocycles. The summed E-state index contributed by atoms with van der Waals surface area (Å²) in [4.78, 5) is 18.8. The molecule has 22 heavy (non-hydrogen) atoms. The van der Waals surface area contributed by atoms with Gasteiger partial charge in [0.2, 0.25) is 0 Å². The molecule has 1 fully saturated rings. The first kappa shape index (κ1) is 14.6. The summed E-state index contributed by atoms with van der Waals surface area (Å²) in [5, 5.41) is 0. The van der Waals surface area contributed by atoms with Crippen molar-refractivity contribution in [3.63, 3.8) is 0 Å². The fourth-order valence-corrected chi connectivity index (χ4v) is 2.46. The van der Waals surface area contributed by atoms with Gasteiger partial charge in [0.15, 0.2) is 0 Å². The zero-order valence-electron chi connectivity index (χ0n) is 12.7. The SMILES string of the molecule is CCOc1ccc(C(=O)N(Cc2ccncc2)C2CC2)cc1. The minimum atomic E-state index is 0.0855. The van der Waals surface area contributed by atoms with Gasteiger partial charge in [0.05, 0.1) is 6.61 Å². The molecule has 0 spiro atoms. The average Bonchev–Trinajstić information content (AvgIpc) is 3.39. The quantitative estimate of drug-likeness (QED) is 0.821. The van der Waals surface area contributed by atoms with Crippen molar-refractivity contribution in [2.24, 2.45) is 0 Å². The number of hydrogen-bond acceptors (Lipinski definition) is 3. The van der Waals surface area contributed by atoms with Crippen LogP contribution in [-0.2, 0) is 6.54 Å². The van der Waals surface area contributed by atoms with E-state index in [0.29, 0.717) is 24.8 Å². The maximum absolute atomic E-state index is 12.8. The molecule has 1 amide bonds. The summed E-state index contributed by atoms with van der Waals surface area (Å²) in [7, 11) is 0. The van der Waals surface area contributed by atoms with E-state index in [4.69, 9.17) is 4.74 Å². The van der Waals surface area contributed by atoms with Crippen molar-refractivity contribution in [2.45, 2.75) is 32.4 Å². The van der Waals surface area contributed by atoms with E-state index in [-0.39, 0.29) is 5.91 Å². The van der Waals surface area contributed by atoms with Crippen LogP contribution in [0, 0.1) is 0 Å². The molecule has 0 saturated heterocycles. The van der Waals surface area contributed by atoms with Crippen molar-refractivity contribution in [3.05, 3.63) is 59.9 Å². The number of hydrogen-bond donors (Lipinski definition) is 0. The average molecular weight is 296 g/mol. The molecule has 0 N–H and O–H groups in total. The van der Waals surface area contributed by atoms with Crippen LogP contribution < -0.4 is 4.74 Å². The van der Waals surface area contributed by atoms with Crippen molar-refractivity contribution < 1.29 is 9.53 Å². The van der Waals surface area contributed by atoms with E-state index in [1.165, 1.54) is 0 Å². The number of ether oxygens (including phenoxy) is 1. The van der Waals surface area contributed by atoms with Gasteiger partial charge in [-0.05, 0) is 61.7 Å². The van der Waals surface area contributed by atoms with E-state index in [2.05, 4.69) is 4.98 Å². The molecule has 3 rings (SSSR count). The third-order valence-electron chi connectivity index (χ3n) is 3.76. The highest BCUT2D eigenvalue weighted by Crippen LogP contribution is 2.30. The predicted octanol–water partition coefficient (Wildman–Crippen LogP) is 3.29. The van der Waals surface area contributed by atoms with Crippen LogP contribution in [0.25, 0.3) is 0 Å². The number of aromatic nitrogens is 1. The van der Waals surface area contributed by atoms with E-state index in [0.717, 1.165) is 24.2 Å². The van der Waals surface area contributed by atoms with Crippen molar-refractivity contribution in [2.75, 3.05) is 6.61 Å². The minimum Gasteiger partial charge on any atom is -0.494 e. The van der Waals surface area contributed by atoms with Crippen LogP contribution in [0.5, 0.6) is 5.75 Å². The molecule has 0 unspecified atom stereocenters. The Morgan fingerprint density at radius 3 is 2.45 bits per heavy atom. The maximum atomic E-state index is 12.8. The molecule has 1 aromatic carbocycles. The first-order valence-corrected chi connectivity index (χ1v) is 7.70. The molecular weight excluding hydrogens is 276 g/mol. The van der Waals surface area contributed by atoms with Crippen LogP contribution in [0.15, 0.2) is 48.8 Å². The number of benzene rings is 1. The van der Waals surface area contributed by atoms with E-state index in [1.807, 2.05) is 48.2 Å². The molecule has 114 valence electrons. The Morgan fingerprint density at radius 1 is 1.18 bits per heavy atom. The van der Waals surface area contributed by atoms with Crippen LogP contribution in [0.3, 0.4) is 0 Å². The van der Waals surface area contributed by atoms with Crippen molar-refractivity contribution in [1.82, 2.24) is 9.88 Å². The lowest BCUT2D eigenvalue weighted by molar-refractivity contribution is 0.0730. The van der Waals surface area contributed by atoms with Crippen LogP contribution in [0.2, 0.25) is 0 Å². The monoisotopic (exact) mass is 296 g/mol. The highest BCUT2D eigenvalue weighted by Gasteiger charge is 2.33. The smallest absolute Gasteiger partial charge is 0.254 e. The number of carbonyl (C=O) groups is 1. The number of nitrogens with zero attached hydrogens (tertiary/aromatic N) is 2. The van der Waals surface area contributed by atoms with Crippen LogP contribution in [0.1, 0.15) is 35.7 Å². The molecule has 0 radical (unpaired) electrons. The lowest BCUT2D eigenvalue weighted by Crippen LogP contribution is -2.32. The zero-order valence-corrected chi connectivity index (χ0v) is 12.7. The highest BCUT2D eigenvalue weighted by molar-refractivity contribution is 5.94. The number of rotatable bonds is 6. The molecule has 4 heteroatoms. The summed E-state index contributed by atoms with van der Waals surface area (Å²) in [6, 6.07) is 11.7. The molecule has 1 heterocycles. The summed E-state index contributed by atoms with van der Waals surface area (Å²) in [6.07, 6.45) is 5.71. The summed E-state index contributed by atoms with van der Waals surface area (Å²) < 4.78 is 5.42. The van der Waals surface area contributed by atoms with Crippen molar-refractivity contribution in [3.8, 4) is 5.75 Å². The summed E-state index contributed by atoms with van der Waals surface area (Å²) in [6.45, 7) is 3.21. The van der Waals surface area contributed by atoms with E-state index in [1.54, 1.807) is 12.4 Å². The maximum Gasteiger partial charge on any atom is 0.254 e. The lowest BCUT2D eigenvalue weighted by Gasteiger charge is -2.22. The van der Waals surface area contributed by atoms with Gasteiger partial charge in [-0.1, -0.05) is 0 Å². The molecule has 1 aliphatic rings. The third-order valence-corrected chi connectivity index (χ3v) is 3.76. The third kappa shape index (κ3) is 3.45. The van der Waals surface area contributed by atoms with Gasteiger partial charge in [-0.15, -0.1) is 0 Å². The predicted molar refractivity (Wildman–Crippen MR) is 84.7 cm³/mol. The van der Waals surface area contributed by atoms with Crippen LogP contribution in [-0.4, -0.2) is 28.4 Å². The number of amides is 1. The van der Waals surface area contributed by atoms with Gasteiger partial charge < -0.3 is 9.64 Å². The fourth-order valence-electron chi connectivity index (χ4n) is 2.46. The second-order valence-corrected chi connectivity index (χ2v) is 5.48. The highest BCUT2D eigenvalue weighted by atomic mass is 16.5. The number of pyridine rings is 1. The van der Waals surface area contributed by atoms with E-state index >= 15 is 0 Å². The standard InChI is InChI=1S/C18H20N2O2/c1-2-22-17-7-3-15(4-8-17)18(21)20(16-5-6-16)13-14-9-11-19-12-10-14/h3-4,7-12,16H,2,5-6,13H2,1H3. The molecule has 2 aromatic rings. The van der Waals surface area contributed by atoms with Gasteiger partial charge in [-0.25, -0.2) is 0 Å². The lowest BCUT2D eigenvalue weighted by atomic mass is 10.1. The summed E-state index contributed by atoms with van der Waals surface area (Å²) >= 11 is 0.